The summed E-state index contributed by atoms with van der Waals surface area (Å²) in [6, 6.07) is 6.94. The van der Waals surface area contributed by atoms with E-state index in [0.29, 0.717) is 0 Å². The van der Waals surface area contributed by atoms with Gasteiger partial charge in [0.25, 0.3) is 5.91 Å². The van der Waals surface area contributed by atoms with Crippen LogP contribution in [-0.2, 0) is 9.59 Å². The monoisotopic (exact) mass is 204 g/mol. The number of benzene rings is 1. The highest BCUT2D eigenvalue weighted by molar-refractivity contribution is 6.05. The Hall–Kier alpha value is -1.84. The second kappa shape index (κ2) is 3.38. The van der Waals surface area contributed by atoms with Gasteiger partial charge in [-0.25, -0.2) is 0 Å². The summed E-state index contributed by atoms with van der Waals surface area (Å²) < 4.78 is 0. The highest BCUT2D eigenvalue weighted by atomic mass is 16.2. The number of nitrogens with one attached hydrogen (secondary N) is 1. The number of fused-ring (bicyclic) bond motifs is 1. The lowest BCUT2D eigenvalue weighted by atomic mass is 10.1. The summed E-state index contributed by atoms with van der Waals surface area (Å²) in [6.07, 6.45) is 0. The van der Waals surface area contributed by atoms with Crippen molar-refractivity contribution in [1.82, 2.24) is 5.32 Å². The molecule has 0 unspecified atom stereocenters. The second-order valence-corrected chi connectivity index (χ2v) is 3.59. The number of nitrogens with zero attached hydrogens (tertiary/aromatic N) is 1. The molecule has 2 amide bonds. The number of hydrogen-bond donors (Lipinski definition) is 1. The summed E-state index contributed by atoms with van der Waals surface area (Å²) in [5.41, 5.74) is 1.72. The van der Waals surface area contributed by atoms with Gasteiger partial charge in [-0.15, -0.1) is 0 Å². The van der Waals surface area contributed by atoms with Gasteiger partial charge in [0, 0.05) is 25.2 Å². The molecular formula is C11H12N2O2. The lowest BCUT2D eigenvalue weighted by Crippen LogP contribution is -2.34. The van der Waals surface area contributed by atoms with E-state index < -0.39 is 6.04 Å². The fraction of sp³-hybridized carbons (Fsp3) is 0.273. The molecule has 78 valence electrons. The topological polar surface area (TPSA) is 49.4 Å². The first-order valence-electron chi connectivity index (χ1n) is 4.75. The maximum Gasteiger partial charge on any atom is 0.254 e. The first-order chi connectivity index (χ1) is 7.11. The maximum absolute atomic E-state index is 11.8. The van der Waals surface area contributed by atoms with Crippen LogP contribution in [0, 0.1) is 0 Å². The Morgan fingerprint density at radius 1 is 1.40 bits per heavy atom. The van der Waals surface area contributed by atoms with Gasteiger partial charge in [-0.1, -0.05) is 18.2 Å². The SMILES string of the molecule is CC(=O)N[C@H]1C(=O)N(C)c2ccccc21. The molecule has 0 spiro atoms. The van der Waals surface area contributed by atoms with E-state index in [4.69, 9.17) is 0 Å². The van der Waals surface area contributed by atoms with Gasteiger partial charge >= 0.3 is 0 Å². The van der Waals surface area contributed by atoms with Gasteiger partial charge in [0.15, 0.2) is 0 Å². The highest BCUT2D eigenvalue weighted by Gasteiger charge is 2.35. The molecular weight excluding hydrogens is 192 g/mol. The van der Waals surface area contributed by atoms with E-state index in [2.05, 4.69) is 5.32 Å². The van der Waals surface area contributed by atoms with E-state index in [9.17, 15) is 9.59 Å². The molecule has 0 aliphatic carbocycles. The third-order valence-corrected chi connectivity index (χ3v) is 2.53. The van der Waals surface area contributed by atoms with Gasteiger partial charge in [0.05, 0.1) is 0 Å². The van der Waals surface area contributed by atoms with Gasteiger partial charge in [-0.2, -0.15) is 0 Å². The summed E-state index contributed by atoms with van der Waals surface area (Å²) in [5.74, 6) is -0.287. The predicted octanol–water partition coefficient (Wildman–Crippen LogP) is 0.840. The normalized spacial score (nSPS) is 18.9. The zero-order valence-corrected chi connectivity index (χ0v) is 8.65. The number of anilines is 1. The minimum absolute atomic E-state index is 0.0913. The number of para-hydroxylation sites is 1. The van der Waals surface area contributed by atoms with Crippen molar-refractivity contribution in [2.75, 3.05) is 11.9 Å². The number of hydrogen-bond acceptors (Lipinski definition) is 2. The van der Waals surface area contributed by atoms with Crippen molar-refractivity contribution in [3.8, 4) is 0 Å². The predicted molar refractivity (Wildman–Crippen MR) is 56.4 cm³/mol. The summed E-state index contributed by atoms with van der Waals surface area (Å²) >= 11 is 0. The molecule has 1 aliphatic rings. The Balaban J connectivity index is 2.42. The molecule has 0 saturated carbocycles. The quantitative estimate of drug-likeness (QED) is 0.737. The van der Waals surface area contributed by atoms with E-state index in [1.807, 2.05) is 24.3 Å². The zero-order chi connectivity index (χ0) is 11.0. The summed E-state index contributed by atoms with van der Waals surface area (Å²) in [6.45, 7) is 1.41. The number of amides is 2. The van der Waals surface area contributed by atoms with Crippen LogP contribution < -0.4 is 10.2 Å². The van der Waals surface area contributed by atoms with Gasteiger partial charge in [-0.3, -0.25) is 9.59 Å². The van der Waals surface area contributed by atoms with Crippen LogP contribution in [0.5, 0.6) is 0 Å². The molecule has 0 bridgehead atoms. The third-order valence-electron chi connectivity index (χ3n) is 2.53. The molecule has 15 heavy (non-hydrogen) atoms. The zero-order valence-electron chi connectivity index (χ0n) is 8.65. The molecule has 1 aromatic carbocycles. The number of rotatable bonds is 1. The molecule has 0 saturated heterocycles. The average Bonchev–Trinajstić information content (AvgIpc) is 2.44. The lowest BCUT2D eigenvalue weighted by molar-refractivity contribution is -0.125. The van der Waals surface area contributed by atoms with E-state index in [1.54, 1.807) is 11.9 Å². The van der Waals surface area contributed by atoms with Gasteiger partial charge < -0.3 is 10.2 Å². The molecule has 1 aliphatic heterocycles. The summed E-state index contributed by atoms with van der Waals surface area (Å²) in [5, 5.41) is 2.65. The molecule has 4 heteroatoms. The van der Waals surface area contributed by atoms with Crippen molar-refractivity contribution < 1.29 is 9.59 Å². The Morgan fingerprint density at radius 3 is 2.73 bits per heavy atom. The average molecular weight is 204 g/mol. The van der Waals surface area contributed by atoms with E-state index >= 15 is 0 Å². The number of carbonyl (C=O) groups is 2. The molecule has 1 N–H and O–H groups in total. The number of likely N-dealkylation sites (N-methyl/N-ethyl adjacent to an activating group) is 1. The van der Waals surface area contributed by atoms with Crippen LogP contribution >= 0.6 is 0 Å². The van der Waals surface area contributed by atoms with E-state index in [1.165, 1.54) is 6.92 Å². The fourth-order valence-electron chi connectivity index (χ4n) is 1.83. The van der Waals surface area contributed by atoms with Crippen LogP contribution in [0.3, 0.4) is 0 Å². The van der Waals surface area contributed by atoms with Crippen molar-refractivity contribution in [2.45, 2.75) is 13.0 Å². The minimum Gasteiger partial charge on any atom is -0.341 e. The van der Waals surface area contributed by atoms with Crippen LogP contribution in [-0.4, -0.2) is 18.9 Å². The third kappa shape index (κ3) is 1.48. The Bertz CT molecular complexity index is 428. The van der Waals surface area contributed by atoms with Gasteiger partial charge in [-0.05, 0) is 6.07 Å². The smallest absolute Gasteiger partial charge is 0.254 e. The van der Waals surface area contributed by atoms with Crippen LogP contribution in [0.15, 0.2) is 24.3 Å². The van der Waals surface area contributed by atoms with Crippen molar-refractivity contribution in [3.05, 3.63) is 29.8 Å². The number of carbonyl (C=O) groups excluding carboxylic acids is 2. The Kier molecular flexibility index (Phi) is 2.19. The highest BCUT2D eigenvalue weighted by Crippen LogP contribution is 2.34. The molecule has 0 fully saturated rings. The second-order valence-electron chi connectivity index (χ2n) is 3.59. The van der Waals surface area contributed by atoms with E-state index in [-0.39, 0.29) is 11.8 Å². The molecule has 4 nitrogen and oxygen atoms in total. The minimum atomic E-state index is -0.524. The van der Waals surface area contributed by atoms with Crippen LogP contribution in [0.25, 0.3) is 0 Å². The van der Waals surface area contributed by atoms with Crippen LogP contribution in [0.2, 0.25) is 0 Å². The molecule has 1 heterocycles. The molecule has 0 radical (unpaired) electrons. The Labute approximate surface area is 87.9 Å². The first kappa shape index (κ1) is 9.71. The first-order valence-corrected chi connectivity index (χ1v) is 4.75. The van der Waals surface area contributed by atoms with Gasteiger partial charge in [0.2, 0.25) is 5.91 Å². The molecule has 0 aromatic heterocycles. The van der Waals surface area contributed by atoms with Crippen molar-refractivity contribution >= 4 is 17.5 Å². The fourth-order valence-corrected chi connectivity index (χ4v) is 1.83. The van der Waals surface area contributed by atoms with Crippen molar-refractivity contribution in [1.29, 1.82) is 0 Å². The van der Waals surface area contributed by atoms with Crippen LogP contribution in [0.1, 0.15) is 18.5 Å². The largest absolute Gasteiger partial charge is 0.341 e. The summed E-state index contributed by atoms with van der Waals surface area (Å²) in [7, 11) is 1.71. The molecule has 1 atom stereocenters. The van der Waals surface area contributed by atoms with E-state index in [0.717, 1.165) is 11.3 Å². The standard InChI is InChI=1S/C11H12N2O2/c1-7(14)12-10-8-5-3-4-6-9(8)13(2)11(10)15/h3-6,10H,1-2H3,(H,12,14)/t10-/m1/s1. The molecule has 1 aromatic rings. The van der Waals surface area contributed by atoms with Crippen molar-refractivity contribution in [3.63, 3.8) is 0 Å². The maximum atomic E-state index is 11.8. The van der Waals surface area contributed by atoms with Crippen molar-refractivity contribution in [2.24, 2.45) is 0 Å². The lowest BCUT2D eigenvalue weighted by Gasteiger charge is -2.11. The van der Waals surface area contributed by atoms with Crippen LogP contribution in [0.4, 0.5) is 5.69 Å². The van der Waals surface area contributed by atoms with Gasteiger partial charge in [0.1, 0.15) is 6.04 Å². The summed E-state index contributed by atoms with van der Waals surface area (Å²) in [4.78, 5) is 24.4. The Morgan fingerprint density at radius 2 is 2.07 bits per heavy atom. The molecule has 2 rings (SSSR count).